The van der Waals surface area contributed by atoms with Crippen LogP contribution in [0.15, 0.2) is 53.5 Å². The number of sulfone groups is 1. The van der Waals surface area contributed by atoms with Crippen molar-refractivity contribution in [3.8, 4) is 11.5 Å². The number of carbonyl (C=O) groups excluding carboxylic acids is 1. The first-order valence-corrected chi connectivity index (χ1v) is 13.3. The summed E-state index contributed by atoms with van der Waals surface area (Å²) in [6, 6.07) is 14.5. The molecule has 2 aliphatic heterocycles. The van der Waals surface area contributed by atoms with E-state index in [4.69, 9.17) is 14.2 Å². The van der Waals surface area contributed by atoms with Crippen molar-refractivity contribution in [2.75, 3.05) is 31.5 Å². The van der Waals surface area contributed by atoms with E-state index in [1.807, 2.05) is 53.4 Å². The Morgan fingerprint density at radius 2 is 1.82 bits per heavy atom. The molecule has 2 aromatic rings. The molecule has 0 unspecified atom stereocenters. The number of hydrogen-bond acceptors (Lipinski definition) is 9. The number of esters is 1. The van der Waals surface area contributed by atoms with Crippen LogP contribution in [0.4, 0.5) is 0 Å². The molecule has 0 bridgehead atoms. The number of amidine groups is 1. The second-order valence-corrected chi connectivity index (χ2v) is 11.0. The van der Waals surface area contributed by atoms with Gasteiger partial charge in [-0.05, 0) is 23.3 Å². The standard InChI is InChI=1S/C23H26N2O6S2/c1-29-20-9-8-17(10-21(20)30-2)11-25-19-15-33(27,28)14-18(19)24-23(25)32-13-22(26)31-12-16-6-4-3-5-7-16/h3-10,18-19H,11-15H2,1-2H3/t18-,19+/m0/s1. The topological polar surface area (TPSA) is 94.5 Å². The van der Waals surface area contributed by atoms with E-state index < -0.39 is 9.84 Å². The van der Waals surface area contributed by atoms with Gasteiger partial charge in [-0.1, -0.05) is 48.2 Å². The van der Waals surface area contributed by atoms with Crippen molar-refractivity contribution < 1.29 is 27.4 Å². The van der Waals surface area contributed by atoms with E-state index in [1.54, 1.807) is 14.2 Å². The summed E-state index contributed by atoms with van der Waals surface area (Å²) < 4.78 is 40.5. The lowest BCUT2D eigenvalue weighted by Gasteiger charge is -2.26. The highest BCUT2D eigenvalue weighted by Crippen LogP contribution is 2.34. The fourth-order valence-corrected chi connectivity index (χ4v) is 6.75. The van der Waals surface area contributed by atoms with E-state index >= 15 is 0 Å². The van der Waals surface area contributed by atoms with Gasteiger partial charge in [0.2, 0.25) is 0 Å². The molecule has 1 fully saturated rings. The summed E-state index contributed by atoms with van der Waals surface area (Å²) in [5.41, 5.74) is 1.85. The van der Waals surface area contributed by atoms with Gasteiger partial charge in [0.1, 0.15) is 6.61 Å². The van der Waals surface area contributed by atoms with E-state index in [-0.39, 0.29) is 41.9 Å². The maximum atomic E-state index is 12.3. The van der Waals surface area contributed by atoms with Crippen molar-refractivity contribution in [2.24, 2.45) is 4.99 Å². The lowest BCUT2D eigenvalue weighted by Crippen LogP contribution is -2.38. The van der Waals surface area contributed by atoms with Crippen LogP contribution in [0.5, 0.6) is 11.5 Å². The third kappa shape index (κ3) is 5.62. The molecule has 10 heteroatoms. The fraction of sp³-hybridized carbons (Fsp3) is 0.391. The molecule has 0 aromatic heterocycles. The van der Waals surface area contributed by atoms with Crippen LogP contribution in [0.25, 0.3) is 0 Å². The summed E-state index contributed by atoms with van der Waals surface area (Å²) in [6.07, 6.45) is 0. The number of ether oxygens (including phenoxy) is 3. The summed E-state index contributed by atoms with van der Waals surface area (Å²) >= 11 is 1.28. The van der Waals surface area contributed by atoms with E-state index in [0.29, 0.717) is 23.2 Å². The van der Waals surface area contributed by atoms with E-state index in [2.05, 4.69) is 4.99 Å². The molecule has 2 heterocycles. The molecule has 0 aliphatic carbocycles. The Bertz CT molecular complexity index is 1140. The Hall–Kier alpha value is -2.72. The Morgan fingerprint density at radius 3 is 2.55 bits per heavy atom. The minimum atomic E-state index is -3.14. The van der Waals surface area contributed by atoms with Gasteiger partial charge in [0.15, 0.2) is 26.5 Å². The zero-order chi connectivity index (χ0) is 23.4. The molecule has 0 N–H and O–H groups in total. The number of methoxy groups -OCH3 is 2. The smallest absolute Gasteiger partial charge is 0.316 e. The van der Waals surface area contributed by atoms with Crippen LogP contribution in [0.3, 0.4) is 0 Å². The molecule has 0 spiro atoms. The molecule has 2 aromatic carbocycles. The normalized spacial score (nSPS) is 20.8. The van der Waals surface area contributed by atoms with Crippen molar-refractivity contribution in [3.63, 3.8) is 0 Å². The number of hydrogen-bond donors (Lipinski definition) is 0. The van der Waals surface area contributed by atoms with E-state index in [0.717, 1.165) is 11.1 Å². The largest absolute Gasteiger partial charge is 0.493 e. The van der Waals surface area contributed by atoms with Gasteiger partial charge in [0.05, 0.1) is 43.6 Å². The highest BCUT2D eigenvalue weighted by atomic mass is 32.2. The Labute approximate surface area is 197 Å². The van der Waals surface area contributed by atoms with Crippen molar-refractivity contribution >= 4 is 32.7 Å². The van der Waals surface area contributed by atoms with Crippen molar-refractivity contribution in [1.82, 2.24) is 4.90 Å². The number of fused-ring (bicyclic) bond motifs is 1. The first kappa shape index (κ1) is 23.4. The number of benzene rings is 2. The zero-order valence-corrected chi connectivity index (χ0v) is 20.1. The van der Waals surface area contributed by atoms with E-state index in [1.165, 1.54) is 11.8 Å². The molecule has 176 valence electrons. The second kappa shape index (κ2) is 10.0. The Morgan fingerprint density at radius 1 is 1.06 bits per heavy atom. The first-order valence-electron chi connectivity index (χ1n) is 10.5. The third-order valence-electron chi connectivity index (χ3n) is 5.58. The maximum Gasteiger partial charge on any atom is 0.316 e. The Balaban J connectivity index is 1.44. The first-order chi connectivity index (χ1) is 15.9. The summed E-state index contributed by atoms with van der Waals surface area (Å²) in [7, 11) is 0.00148. The average Bonchev–Trinajstić information content (AvgIpc) is 3.28. The molecule has 4 rings (SSSR count). The maximum absolute atomic E-state index is 12.3. The number of rotatable bonds is 8. The van der Waals surface area contributed by atoms with Crippen molar-refractivity contribution in [1.29, 1.82) is 0 Å². The van der Waals surface area contributed by atoms with Crippen molar-refractivity contribution in [3.05, 3.63) is 59.7 Å². The number of thioether (sulfide) groups is 1. The Kier molecular flexibility index (Phi) is 7.14. The monoisotopic (exact) mass is 490 g/mol. The van der Waals surface area contributed by atoms with Gasteiger partial charge in [-0.25, -0.2) is 8.42 Å². The molecule has 0 amide bonds. The predicted molar refractivity (Wildman–Crippen MR) is 127 cm³/mol. The average molecular weight is 491 g/mol. The van der Waals surface area contributed by atoms with Crippen LogP contribution >= 0.6 is 11.8 Å². The van der Waals surface area contributed by atoms with Crippen LogP contribution in [0, 0.1) is 0 Å². The van der Waals surface area contributed by atoms with Crippen LogP contribution in [0.1, 0.15) is 11.1 Å². The van der Waals surface area contributed by atoms with Gasteiger partial charge >= 0.3 is 5.97 Å². The van der Waals surface area contributed by atoms with Crippen LogP contribution < -0.4 is 9.47 Å². The molecule has 1 saturated heterocycles. The SMILES string of the molecule is COc1ccc(CN2C(SCC(=O)OCc3ccccc3)=N[C@H]3CS(=O)(=O)C[C@H]32)cc1OC. The number of nitrogens with zero attached hydrogens (tertiary/aromatic N) is 2. The van der Waals surface area contributed by atoms with Crippen molar-refractivity contribution in [2.45, 2.75) is 25.2 Å². The van der Waals surface area contributed by atoms with Gasteiger partial charge < -0.3 is 19.1 Å². The van der Waals surface area contributed by atoms with E-state index in [9.17, 15) is 13.2 Å². The van der Waals surface area contributed by atoms with Crippen LogP contribution in [-0.4, -0.2) is 68.0 Å². The van der Waals surface area contributed by atoms with Gasteiger partial charge in [-0.2, -0.15) is 0 Å². The summed E-state index contributed by atoms with van der Waals surface area (Å²) in [4.78, 5) is 18.9. The van der Waals surface area contributed by atoms with Crippen LogP contribution in [-0.2, 0) is 32.5 Å². The highest BCUT2D eigenvalue weighted by molar-refractivity contribution is 8.14. The number of carbonyl (C=O) groups is 1. The lowest BCUT2D eigenvalue weighted by molar-refractivity contribution is -0.141. The molecular weight excluding hydrogens is 464 g/mol. The van der Waals surface area contributed by atoms with Gasteiger partial charge in [-0.15, -0.1) is 0 Å². The molecule has 33 heavy (non-hydrogen) atoms. The van der Waals surface area contributed by atoms with Gasteiger partial charge in [-0.3, -0.25) is 9.79 Å². The quantitative estimate of drug-likeness (QED) is 0.521. The third-order valence-corrected chi connectivity index (χ3v) is 8.26. The summed E-state index contributed by atoms with van der Waals surface area (Å²) in [6.45, 7) is 0.660. The predicted octanol–water partition coefficient (Wildman–Crippen LogP) is 2.52. The lowest BCUT2D eigenvalue weighted by atomic mass is 10.1. The fourth-order valence-electron chi connectivity index (χ4n) is 3.97. The van der Waals surface area contributed by atoms with Crippen LogP contribution in [0.2, 0.25) is 0 Å². The molecule has 2 aliphatic rings. The highest BCUT2D eigenvalue weighted by Gasteiger charge is 2.46. The molecule has 8 nitrogen and oxygen atoms in total. The molecular formula is C23H26N2O6S2. The minimum absolute atomic E-state index is 0.0304. The minimum Gasteiger partial charge on any atom is -0.493 e. The number of aliphatic imine (C=N–C) groups is 1. The van der Waals surface area contributed by atoms with Gasteiger partial charge in [0.25, 0.3) is 0 Å². The molecule has 0 radical (unpaired) electrons. The molecule has 0 saturated carbocycles. The zero-order valence-electron chi connectivity index (χ0n) is 18.5. The van der Waals surface area contributed by atoms with Gasteiger partial charge in [0, 0.05) is 6.54 Å². The summed E-state index contributed by atoms with van der Waals surface area (Å²) in [5.74, 6) is 1.05. The molecule has 2 atom stereocenters. The summed E-state index contributed by atoms with van der Waals surface area (Å²) in [5, 5.41) is 0.659. The second-order valence-electron chi connectivity index (χ2n) is 7.88.